The molecule has 3 nitrogen and oxygen atoms in total. The van der Waals surface area contributed by atoms with Crippen molar-refractivity contribution in [1.82, 2.24) is 15.1 Å². The van der Waals surface area contributed by atoms with Gasteiger partial charge in [0.15, 0.2) is 0 Å². The second kappa shape index (κ2) is 3.39. The molecule has 0 bridgehead atoms. The van der Waals surface area contributed by atoms with Gasteiger partial charge in [-0.05, 0) is 51.8 Å². The maximum Gasteiger partial charge on any atom is 0.0543 e. The molecule has 0 aromatic carbocycles. The van der Waals surface area contributed by atoms with Crippen LogP contribution in [-0.2, 0) is 12.0 Å². The number of nitrogens with zero attached hydrogens (tertiary/aromatic N) is 2. The van der Waals surface area contributed by atoms with Crippen molar-refractivity contribution in [2.45, 2.75) is 32.7 Å². The molecule has 1 fully saturated rings. The summed E-state index contributed by atoms with van der Waals surface area (Å²) in [5, 5.41) is 7.69. The second-order valence-corrected chi connectivity index (χ2v) is 5.19. The average Bonchev–Trinajstić information content (AvgIpc) is 2.43. The maximum atomic E-state index is 4.40. The van der Waals surface area contributed by atoms with Crippen molar-refractivity contribution < 1.29 is 0 Å². The number of hydrogen-bond donors (Lipinski definition) is 1. The summed E-state index contributed by atoms with van der Waals surface area (Å²) in [5.41, 5.74) is 1.47. The lowest BCUT2D eigenvalue weighted by Crippen LogP contribution is -2.43. The summed E-state index contributed by atoms with van der Waals surface area (Å²) in [7, 11) is 0. The van der Waals surface area contributed by atoms with Gasteiger partial charge in [0.2, 0.25) is 0 Å². The average molecular weight is 193 g/mol. The molecule has 1 aromatic heterocycles. The smallest absolute Gasteiger partial charge is 0.0543 e. The fourth-order valence-electron chi connectivity index (χ4n) is 1.66. The van der Waals surface area contributed by atoms with Crippen molar-refractivity contribution in [3.05, 3.63) is 18.0 Å². The van der Waals surface area contributed by atoms with Crippen LogP contribution in [0.1, 0.15) is 26.3 Å². The zero-order valence-electron chi connectivity index (χ0n) is 9.25. The van der Waals surface area contributed by atoms with Crippen molar-refractivity contribution in [2.24, 2.45) is 5.92 Å². The monoisotopic (exact) mass is 193 g/mol. The molecule has 1 aromatic rings. The van der Waals surface area contributed by atoms with Crippen molar-refractivity contribution in [2.75, 3.05) is 13.1 Å². The quantitative estimate of drug-likeness (QED) is 0.769. The van der Waals surface area contributed by atoms with Crippen LogP contribution in [0.15, 0.2) is 12.4 Å². The van der Waals surface area contributed by atoms with E-state index in [2.05, 4.69) is 42.1 Å². The van der Waals surface area contributed by atoms with E-state index in [9.17, 15) is 0 Å². The first kappa shape index (κ1) is 9.71. The first-order valence-electron chi connectivity index (χ1n) is 5.30. The van der Waals surface area contributed by atoms with Gasteiger partial charge in [-0.2, -0.15) is 5.10 Å². The van der Waals surface area contributed by atoms with Crippen LogP contribution >= 0.6 is 0 Å². The van der Waals surface area contributed by atoms with Gasteiger partial charge in [-0.15, -0.1) is 0 Å². The van der Waals surface area contributed by atoms with E-state index in [0.717, 1.165) is 5.92 Å². The first-order valence-corrected chi connectivity index (χ1v) is 5.30. The number of nitrogens with one attached hydrogen (secondary N) is 1. The maximum absolute atomic E-state index is 4.40. The van der Waals surface area contributed by atoms with E-state index < -0.39 is 0 Å². The SMILES string of the molecule is CC(C)(C)n1cc(CC2CNC2)cn1. The number of rotatable bonds is 2. The van der Waals surface area contributed by atoms with Crippen LogP contribution in [0.25, 0.3) is 0 Å². The predicted molar refractivity (Wildman–Crippen MR) is 57.3 cm³/mol. The molecule has 1 N–H and O–H groups in total. The van der Waals surface area contributed by atoms with Crippen molar-refractivity contribution >= 4 is 0 Å². The molecule has 78 valence electrons. The third-order valence-electron chi connectivity index (χ3n) is 2.71. The zero-order valence-corrected chi connectivity index (χ0v) is 9.25. The van der Waals surface area contributed by atoms with Gasteiger partial charge < -0.3 is 5.32 Å². The van der Waals surface area contributed by atoms with Crippen LogP contribution in [0.4, 0.5) is 0 Å². The Hall–Kier alpha value is -0.830. The number of aromatic nitrogens is 2. The summed E-state index contributed by atoms with van der Waals surface area (Å²) in [4.78, 5) is 0. The second-order valence-electron chi connectivity index (χ2n) is 5.19. The third-order valence-corrected chi connectivity index (χ3v) is 2.71. The molecule has 0 atom stereocenters. The lowest BCUT2D eigenvalue weighted by Gasteiger charge is -2.26. The largest absolute Gasteiger partial charge is 0.316 e. The minimum atomic E-state index is 0.107. The molecule has 0 saturated carbocycles. The molecule has 0 unspecified atom stereocenters. The Labute approximate surface area is 85.5 Å². The summed E-state index contributed by atoms with van der Waals surface area (Å²) in [6.45, 7) is 8.86. The van der Waals surface area contributed by atoms with E-state index >= 15 is 0 Å². The summed E-state index contributed by atoms with van der Waals surface area (Å²) in [6.07, 6.45) is 5.35. The minimum Gasteiger partial charge on any atom is -0.316 e. The molecule has 0 spiro atoms. The summed E-state index contributed by atoms with van der Waals surface area (Å²) >= 11 is 0. The Kier molecular flexibility index (Phi) is 2.35. The molecule has 1 aliphatic rings. The summed E-state index contributed by atoms with van der Waals surface area (Å²) < 4.78 is 2.05. The molecule has 1 aliphatic heterocycles. The van der Waals surface area contributed by atoms with Gasteiger partial charge in [0.25, 0.3) is 0 Å². The van der Waals surface area contributed by atoms with Gasteiger partial charge in [0, 0.05) is 6.20 Å². The molecular weight excluding hydrogens is 174 g/mol. The summed E-state index contributed by atoms with van der Waals surface area (Å²) in [6, 6.07) is 0. The topological polar surface area (TPSA) is 29.9 Å². The lowest BCUT2D eigenvalue weighted by molar-refractivity contribution is 0.343. The fourth-order valence-corrected chi connectivity index (χ4v) is 1.66. The Balaban J connectivity index is 2.02. The van der Waals surface area contributed by atoms with E-state index in [-0.39, 0.29) is 5.54 Å². The molecule has 0 radical (unpaired) electrons. The zero-order chi connectivity index (χ0) is 10.2. The van der Waals surface area contributed by atoms with Crippen LogP contribution in [0.2, 0.25) is 0 Å². The Bertz CT molecular complexity index is 305. The van der Waals surface area contributed by atoms with E-state index in [0.29, 0.717) is 0 Å². The Morgan fingerprint density at radius 2 is 2.21 bits per heavy atom. The van der Waals surface area contributed by atoms with Crippen LogP contribution in [0, 0.1) is 5.92 Å². The molecule has 0 aliphatic carbocycles. The molecule has 2 heterocycles. The van der Waals surface area contributed by atoms with Crippen molar-refractivity contribution in [3.8, 4) is 0 Å². The van der Waals surface area contributed by atoms with E-state index in [1.165, 1.54) is 25.1 Å². The van der Waals surface area contributed by atoms with Gasteiger partial charge in [-0.25, -0.2) is 0 Å². The highest BCUT2D eigenvalue weighted by atomic mass is 15.3. The fraction of sp³-hybridized carbons (Fsp3) is 0.727. The normalized spacial score (nSPS) is 18.2. The first-order chi connectivity index (χ1) is 6.55. The van der Waals surface area contributed by atoms with Crippen LogP contribution in [0.5, 0.6) is 0 Å². The van der Waals surface area contributed by atoms with Gasteiger partial charge in [0.1, 0.15) is 0 Å². The van der Waals surface area contributed by atoms with Gasteiger partial charge in [-0.3, -0.25) is 4.68 Å². The lowest BCUT2D eigenvalue weighted by atomic mass is 9.96. The molecule has 3 heteroatoms. The van der Waals surface area contributed by atoms with E-state index in [1.807, 2.05) is 6.20 Å². The van der Waals surface area contributed by atoms with Crippen molar-refractivity contribution in [3.63, 3.8) is 0 Å². The van der Waals surface area contributed by atoms with Gasteiger partial charge in [-0.1, -0.05) is 0 Å². The third kappa shape index (κ3) is 1.98. The van der Waals surface area contributed by atoms with Crippen molar-refractivity contribution in [1.29, 1.82) is 0 Å². The van der Waals surface area contributed by atoms with Crippen LogP contribution < -0.4 is 5.32 Å². The Morgan fingerprint density at radius 1 is 1.50 bits per heavy atom. The van der Waals surface area contributed by atoms with E-state index in [1.54, 1.807) is 0 Å². The van der Waals surface area contributed by atoms with Crippen LogP contribution in [0.3, 0.4) is 0 Å². The summed E-state index contributed by atoms with van der Waals surface area (Å²) in [5.74, 6) is 0.826. The van der Waals surface area contributed by atoms with E-state index in [4.69, 9.17) is 0 Å². The molecule has 2 rings (SSSR count). The standard InChI is InChI=1S/C11H19N3/c1-11(2,3)14-8-10(7-13-14)4-9-5-12-6-9/h7-9,12H,4-6H2,1-3H3. The molecular formula is C11H19N3. The minimum absolute atomic E-state index is 0.107. The Morgan fingerprint density at radius 3 is 2.64 bits per heavy atom. The highest BCUT2D eigenvalue weighted by Crippen LogP contribution is 2.16. The molecule has 1 saturated heterocycles. The highest BCUT2D eigenvalue weighted by molar-refractivity contribution is 5.07. The van der Waals surface area contributed by atoms with Gasteiger partial charge >= 0.3 is 0 Å². The predicted octanol–water partition coefficient (Wildman–Crippen LogP) is 1.40. The molecule has 14 heavy (non-hydrogen) atoms. The highest BCUT2D eigenvalue weighted by Gasteiger charge is 2.19. The number of hydrogen-bond acceptors (Lipinski definition) is 2. The van der Waals surface area contributed by atoms with Crippen LogP contribution in [-0.4, -0.2) is 22.9 Å². The molecule has 0 amide bonds. The van der Waals surface area contributed by atoms with Gasteiger partial charge in [0.05, 0.1) is 11.7 Å².